The molecule has 122 valence electrons. The molecular formula is C17H21FN4O. The molecule has 0 bridgehead atoms. The van der Waals surface area contributed by atoms with Crippen LogP contribution in [0, 0.1) is 5.82 Å². The molecule has 2 aromatic rings. The van der Waals surface area contributed by atoms with Crippen LogP contribution < -0.4 is 15.4 Å². The third-order valence-corrected chi connectivity index (χ3v) is 3.34. The minimum Gasteiger partial charge on any atom is -0.481 e. The van der Waals surface area contributed by atoms with E-state index < -0.39 is 0 Å². The van der Waals surface area contributed by atoms with Crippen molar-refractivity contribution in [3.63, 3.8) is 0 Å². The first-order chi connectivity index (χ1) is 11.2. The van der Waals surface area contributed by atoms with Crippen LogP contribution in [-0.4, -0.2) is 31.6 Å². The summed E-state index contributed by atoms with van der Waals surface area (Å²) in [7, 11) is 3.29. The molecule has 1 aromatic carbocycles. The molecule has 0 fully saturated rings. The standard InChI is InChI=1S/C17H21FN4O/c1-19-17(21-10-8-14-5-3-4-6-15(14)18)22-12-13-7-9-20-16(11-13)23-2/h3-7,9,11H,8,10,12H2,1-2H3,(H2,19,21,22). The van der Waals surface area contributed by atoms with Gasteiger partial charge in [-0.3, -0.25) is 4.99 Å². The monoisotopic (exact) mass is 316 g/mol. The minimum atomic E-state index is -0.180. The number of methoxy groups -OCH3 is 1. The molecule has 0 aliphatic rings. The molecular weight excluding hydrogens is 295 g/mol. The third kappa shape index (κ3) is 5.25. The molecule has 0 radical (unpaired) electrons. The Morgan fingerprint density at radius 1 is 1.26 bits per heavy atom. The first-order valence-electron chi connectivity index (χ1n) is 7.39. The second kappa shape index (κ2) is 8.73. The Hall–Kier alpha value is -2.63. The Morgan fingerprint density at radius 2 is 2.09 bits per heavy atom. The lowest BCUT2D eigenvalue weighted by Gasteiger charge is -2.12. The highest BCUT2D eigenvalue weighted by molar-refractivity contribution is 5.79. The first kappa shape index (κ1) is 16.7. The second-order valence-electron chi connectivity index (χ2n) is 4.90. The number of aromatic nitrogens is 1. The number of hydrogen-bond donors (Lipinski definition) is 2. The highest BCUT2D eigenvalue weighted by atomic mass is 19.1. The average molecular weight is 316 g/mol. The molecule has 0 amide bonds. The van der Waals surface area contributed by atoms with Crippen molar-refractivity contribution in [2.24, 2.45) is 4.99 Å². The van der Waals surface area contributed by atoms with Gasteiger partial charge in [-0.2, -0.15) is 0 Å². The number of pyridine rings is 1. The molecule has 5 nitrogen and oxygen atoms in total. The number of benzene rings is 1. The lowest BCUT2D eigenvalue weighted by molar-refractivity contribution is 0.397. The first-order valence-corrected chi connectivity index (χ1v) is 7.39. The minimum absolute atomic E-state index is 0.180. The maximum absolute atomic E-state index is 13.5. The highest BCUT2D eigenvalue weighted by Gasteiger charge is 2.03. The summed E-state index contributed by atoms with van der Waals surface area (Å²) in [6.45, 7) is 1.19. The fourth-order valence-electron chi connectivity index (χ4n) is 2.10. The van der Waals surface area contributed by atoms with Gasteiger partial charge in [0.2, 0.25) is 5.88 Å². The average Bonchev–Trinajstić information content (AvgIpc) is 2.59. The van der Waals surface area contributed by atoms with Gasteiger partial charge in [-0.05, 0) is 29.7 Å². The molecule has 0 aliphatic carbocycles. The van der Waals surface area contributed by atoms with Crippen LogP contribution in [0.25, 0.3) is 0 Å². The van der Waals surface area contributed by atoms with Gasteiger partial charge in [0.15, 0.2) is 5.96 Å². The fourth-order valence-corrected chi connectivity index (χ4v) is 2.10. The van der Waals surface area contributed by atoms with Gasteiger partial charge < -0.3 is 15.4 Å². The van der Waals surface area contributed by atoms with Crippen LogP contribution in [0.3, 0.4) is 0 Å². The van der Waals surface area contributed by atoms with Crippen molar-refractivity contribution < 1.29 is 9.13 Å². The molecule has 0 saturated heterocycles. The number of aliphatic imine (C=N–C) groups is 1. The molecule has 23 heavy (non-hydrogen) atoms. The molecule has 2 rings (SSSR count). The van der Waals surface area contributed by atoms with Crippen LogP contribution in [0.5, 0.6) is 5.88 Å². The summed E-state index contributed by atoms with van der Waals surface area (Å²) in [4.78, 5) is 8.22. The lowest BCUT2D eigenvalue weighted by Crippen LogP contribution is -2.37. The lowest BCUT2D eigenvalue weighted by atomic mass is 10.1. The molecule has 1 aromatic heterocycles. The van der Waals surface area contributed by atoms with Gasteiger partial charge in [0, 0.05) is 32.4 Å². The van der Waals surface area contributed by atoms with Crippen LogP contribution in [0.15, 0.2) is 47.6 Å². The van der Waals surface area contributed by atoms with E-state index in [-0.39, 0.29) is 5.82 Å². The van der Waals surface area contributed by atoms with E-state index in [1.54, 1.807) is 32.5 Å². The van der Waals surface area contributed by atoms with E-state index in [1.165, 1.54) is 6.07 Å². The maximum Gasteiger partial charge on any atom is 0.213 e. The van der Waals surface area contributed by atoms with E-state index in [2.05, 4.69) is 20.6 Å². The number of halogens is 1. The van der Waals surface area contributed by atoms with Crippen molar-refractivity contribution in [3.8, 4) is 5.88 Å². The van der Waals surface area contributed by atoms with E-state index in [0.29, 0.717) is 36.9 Å². The van der Waals surface area contributed by atoms with Crippen LogP contribution in [-0.2, 0) is 13.0 Å². The van der Waals surface area contributed by atoms with Gasteiger partial charge in [0.25, 0.3) is 0 Å². The normalized spacial score (nSPS) is 11.2. The predicted molar refractivity (Wildman–Crippen MR) is 89.1 cm³/mol. The van der Waals surface area contributed by atoms with Gasteiger partial charge in [0.05, 0.1) is 7.11 Å². The topological polar surface area (TPSA) is 58.5 Å². The summed E-state index contributed by atoms with van der Waals surface area (Å²) in [5, 5.41) is 6.37. The van der Waals surface area contributed by atoms with Crippen molar-refractivity contribution >= 4 is 5.96 Å². The molecule has 6 heteroatoms. The Bertz CT molecular complexity index is 661. The summed E-state index contributed by atoms with van der Waals surface area (Å²) in [5.41, 5.74) is 1.73. The number of rotatable bonds is 6. The number of guanidine groups is 1. The Balaban J connectivity index is 1.80. The van der Waals surface area contributed by atoms with Crippen molar-refractivity contribution in [1.82, 2.24) is 15.6 Å². The smallest absolute Gasteiger partial charge is 0.213 e. The van der Waals surface area contributed by atoms with Gasteiger partial charge in [-0.1, -0.05) is 18.2 Å². The van der Waals surface area contributed by atoms with Crippen molar-refractivity contribution in [2.75, 3.05) is 20.7 Å². The van der Waals surface area contributed by atoms with Crippen LogP contribution in [0.1, 0.15) is 11.1 Å². The highest BCUT2D eigenvalue weighted by Crippen LogP contribution is 2.08. The Morgan fingerprint density at radius 3 is 2.83 bits per heavy atom. The molecule has 0 aliphatic heterocycles. The second-order valence-corrected chi connectivity index (χ2v) is 4.90. The van der Waals surface area contributed by atoms with Gasteiger partial charge in [-0.25, -0.2) is 9.37 Å². The predicted octanol–water partition coefficient (Wildman–Crippen LogP) is 2.14. The summed E-state index contributed by atoms with van der Waals surface area (Å²) >= 11 is 0. The zero-order valence-electron chi connectivity index (χ0n) is 13.3. The molecule has 2 N–H and O–H groups in total. The zero-order valence-corrected chi connectivity index (χ0v) is 13.3. The van der Waals surface area contributed by atoms with Crippen LogP contribution in [0.2, 0.25) is 0 Å². The molecule has 0 unspecified atom stereocenters. The van der Waals surface area contributed by atoms with Gasteiger partial charge in [-0.15, -0.1) is 0 Å². The van der Waals surface area contributed by atoms with E-state index in [0.717, 1.165) is 5.56 Å². The van der Waals surface area contributed by atoms with Gasteiger partial charge >= 0.3 is 0 Å². The summed E-state index contributed by atoms with van der Waals surface area (Å²) in [5.74, 6) is 1.06. The zero-order chi connectivity index (χ0) is 16.5. The largest absolute Gasteiger partial charge is 0.481 e. The Labute approximate surface area is 135 Å². The Kier molecular flexibility index (Phi) is 6.35. The van der Waals surface area contributed by atoms with E-state index in [4.69, 9.17) is 4.74 Å². The number of nitrogens with zero attached hydrogens (tertiary/aromatic N) is 2. The van der Waals surface area contributed by atoms with Crippen molar-refractivity contribution in [2.45, 2.75) is 13.0 Å². The summed E-state index contributed by atoms with van der Waals surface area (Å²) in [6.07, 6.45) is 2.29. The molecule has 0 spiro atoms. The quantitative estimate of drug-likeness (QED) is 0.633. The van der Waals surface area contributed by atoms with E-state index in [9.17, 15) is 4.39 Å². The molecule has 0 saturated carbocycles. The van der Waals surface area contributed by atoms with Crippen molar-refractivity contribution in [3.05, 3.63) is 59.5 Å². The number of hydrogen-bond acceptors (Lipinski definition) is 3. The van der Waals surface area contributed by atoms with Gasteiger partial charge in [0.1, 0.15) is 5.82 Å². The van der Waals surface area contributed by atoms with Crippen molar-refractivity contribution in [1.29, 1.82) is 0 Å². The summed E-state index contributed by atoms with van der Waals surface area (Å²) in [6, 6.07) is 10.6. The van der Waals surface area contributed by atoms with Crippen LogP contribution >= 0.6 is 0 Å². The molecule has 1 heterocycles. The number of nitrogens with one attached hydrogen (secondary N) is 2. The fraction of sp³-hybridized carbons (Fsp3) is 0.294. The number of ether oxygens (including phenoxy) is 1. The third-order valence-electron chi connectivity index (χ3n) is 3.34. The van der Waals surface area contributed by atoms with E-state index in [1.807, 2.05) is 18.2 Å². The summed E-state index contributed by atoms with van der Waals surface area (Å²) < 4.78 is 18.6. The molecule has 0 atom stereocenters. The van der Waals surface area contributed by atoms with Crippen LogP contribution in [0.4, 0.5) is 4.39 Å². The van der Waals surface area contributed by atoms with E-state index >= 15 is 0 Å². The maximum atomic E-state index is 13.5. The SMILES string of the molecule is CN=C(NCCc1ccccc1F)NCc1ccnc(OC)c1.